The van der Waals surface area contributed by atoms with Gasteiger partial charge in [0.2, 0.25) is 0 Å². The highest BCUT2D eigenvalue weighted by Crippen LogP contribution is 2.28. The van der Waals surface area contributed by atoms with Gasteiger partial charge >= 0.3 is 0 Å². The summed E-state index contributed by atoms with van der Waals surface area (Å²) in [5.41, 5.74) is 0.860. The number of nitrogens with zero attached hydrogens (tertiary/aromatic N) is 4. The zero-order valence-electron chi connectivity index (χ0n) is 11.8. The van der Waals surface area contributed by atoms with Gasteiger partial charge in [-0.2, -0.15) is 0 Å². The van der Waals surface area contributed by atoms with E-state index < -0.39 is 0 Å². The molecule has 1 atom stereocenters. The normalized spacial score (nSPS) is 18.4. The lowest BCUT2D eigenvalue weighted by atomic mass is 10.2. The molecule has 0 aliphatic carbocycles. The first kappa shape index (κ1) is 14.0. The number of aromatic nitrogens is 2. The molecule has 1 fully saturated rings. The number of methoxy groups -OCH3 is 1. The van der Waals surface area contributed by atoms with Crippen molar-refractivity contribution in [1.29, 1.82) is 0 Å². The second kappa shape index (κ2) is 6.16. The Balaban J connectivity index is 2.03. The van der Waals surface area contributed by atoms with E-state index in [1.165, 1.54) is 0 Å². The maximum Gasteiger partial charge on any atom is 0.182 e. The summed E-state index contributed by atoms with van der Waals surface area (Å²) in [7, 11) is 1.65. The predicted octanol–water partition coefficient (Wildman–Crippen LogP) is 0.296. The van der Waals surface area contributed by atoms with Gasteiger partial charge in [0.05, 0.1) is 18.9 Å². The van der Waals surface area contributed by atoms with Gasteiger partial charge < -0.3 is 14.7 Å². The Morgan fingerprint density at radius 1 is 1.32 bits per heavy atom. The van der Waals surface area contributed by atoms with Crippen molar-refractivity contribution in [3.05, 3.63) is 12.0 Å². The Morgan fingerprint density at radius 3 is 2.58 bits per heavy atom. The van der Waals surface area contributed by atoms with Crippen LogP contribution in [-0.4, -0.2) is 65.9 Å². The second-order valence-electron chi connectivity index (χ2n) is 4.95. The Labute approximate surface area is 114 Å². The third-order valence-electron chi connectivity index (χ3n) is 3.36. The standard InChI is InChI=1S/C13H22N4O2/c1-10(18)8-16-4-6-17(7-5-16)13-12(19-3)11(2)14-9-15-13/h9-10,18H,4-8H2,1-3H3. The molecule has 6 nitrogen and oxygen atoms in total. The molecule has 106 valence electrons. The zero-order chi connectivity index (χ0) is 13.8. The molecule has 1 saturated heterocycles. The number of hydrogen-bond acceptors (Lipinski definition) is 6. The molecule has 0 saturated carbocycles. The highest BCUT2D eigenvalue weighted by Gasteiger charge is 2.22. The minimum Gasteiger partial charge on any atom is -0.491 e. The first-order chi connectivity index (χ1) is 9.11. The quantitative estimate of drug-likeness (QED) is 0.845. The van der Waals surface area contributed by atoms with Crippen LogP contribution < -0.4 is 9.64 Å². The molecule has 1 aromatic rings. The van der Waals surface area contributed by atoms with Gasteiger partial charge in [-0.15, -0.1) is 0 Å². The van der Waals surface area contributed by atoms with Crippen molar-refractivity contribution in [3.63, 3.8) is 0 Å². The maximum absolute atomic E-state index is 9.41. The molecular formula is C13H22N4O2. The van der Waals surface area contributed by atoms with Crippen LogP contribution in [0, 0.1) is 6.92 Å². The van der Waals surface area contributed by atoms with Gasteiger partial charge in [-0.25, -0.2) is 9.97 Å². The lowest BCUT2D eigenvalue weighted by Gasteiger charge is -2.36. The molecule has 1 N–H and O–H groups in total. The summed E-state index contributed by atoms with van der Waals surface area (Å²) in [4.78, 5) is 13.0. The lowest BCUT2D eigenvalue weighted by Crippen LogP contribution is -2.48. The average Bonchev–Trinajstić information content (AvgIpc) is 2.38. The number of aliphatic hydroxyl groups excluding tert-OH is 1. The van der Waals surface area contributed by atoms with Crippen LogP contribution in [0.25, 0.3) is 0 Å². The van der Waals surface area contributed by atoms with Crippen LogP contribution in [0.2, 0.25) is 0 Å². The fourth-order valence-electron chi connectivity index (χ4n) is 2.43. The van der Waals surface area contributed by atoms with E-state index in [9.17, 15) is 5.11 Å². The molecule has 2 heterocycles. The molecule has 19 heavy (non-hydrogen) atoms. The Hall–Kier alpha value is -1.40. The molecule has 6 heteroatoms. The minimum atomic E-state index is -0.276. The molecule has 0 aromatic carbocycles. The number of anilines is 1. The van der Waals surface area contributed by atoms with Gasteiger partial charge in [-0.3, -0.25) is 4.90 Å². The monoisotopic (exact) mass is 266 g/mol. The molecule has 1 aromatic heterocycles. The number of hydrogen-bond donors (Lipinski definition) is 1. The van der Waals surface area contributed by atoms with Crippen molar-refractivity contribution in [1.82, 2.24) is 14.9 Å². The van der Waals surface area contributed by atoms with Crippen LogP contribution >= 0.6 is 0 Å². The van der Waals surface area contributed by atoms with E-state index in [1.807, 2.05) is 13.8 Å². The van der Waals surface area contributed by atoms with Crippen LogP contribution in [0.1, 0.15) is 12.6 Å². The largest absolute Gasteiger partial charge is 0.491 e. The van der Waals surface area contributed by atoms with E-state index in [2.05, 4.69) is 19.8 Å². The highest BCUT2D eigenvalue weighted by molar-refractivity contribution is 5.54. The van der Waals surface area contributed by atoms with Gasteiger partial charge in [0, 0.05) is 32.7 Å². The van der Waals surface area contributed by atoms with Gasteiger partial charge in [-0.1, -0.05) is 0 Å². The molecule has 1 aliphatic rings. The Morgan fingerprint density at radius 2 is 2.00 bits per heavy atom. The van der Waals surface area contributed by atoms with E-state index >= 15 is 0 Å². The van der Waals surface area contributed by atoms with Gasteiger partial charge in [0.25, 0.3) is 0 Å². The number of β-amino-alcohol motifs (C(OH)–C–C–N with tert-alkyl or cyclic N) is 1. The summed E-state index contributed by atoms with van der Waals surface area (Å²) < 4.78 is 5.40. The molecule has 0 amide bonds. The van der Waals surface area contributed by atoms with Crippen molar-refractivity contribution >= 4 is 5.82 Å². The van der Waals surface area contributed by atoms with Crippen molar-refractivity contribution in [3.8, 4) is 5.75 Å². The van der Waals surface area contributed by atoms with Crippen molar-refractivity contribution < 1.29 is 9.84 Å². The summed E-state index contributed by atoms with van der Waals surface area (Å²) in [5, 5.41) is 9.41. The fraction of sp³-hybridized carbons (Fsp3) is 0.692. The highest BCUT2D eigenvalue weighted by atomic mass is 16.5. The topological polar surface area (TPSA) is 61.7 Å². The smallest absolute Gasteiger partial charge is 0.182 e. The van der Waals surface area contributed by atoms with Crippen LogP contribution in [0.4, 0.5) is 5.82 Å². The third kappa shape index (κ3) is 3.33. The number of piperazine rings is 1. The summed E-state index contributed by atoms with van der Waals surface area (Å²) >= 11 is 0. The minimum absolute atomic E-state index is 0.276. The Kier molecular flexibility index (Phi) is 4.55. The fourth-order valence-corrected chi connectivity index (χ4v) is 2.43. The first-order valence-electron chi connectivity index (χ1n) is 6.62. The summed E-state index contributed by atoms with van der Waals surface area (Å²) in [6.45, 7) is 8.11. The van der Waals surface area contributed by atoms with Crippen LogP contribution in [0.5, 0.6) is 5.75 Å². The number of ether oxygens (including phenoxy) is 1. The van der Waals surface area contributed by atoms with Crippen LogP contribution in [-0.2, 0) is 0 Å². The van der Waals surface area contributed by atoms with E-state index in [0.29, 0.717) is 0 Å². The first-order valence-corrected chi connectivity index (χ1v) is 6.62. The molecule has 1 unspecified atom stereocenters. The molecular weight excluding hydrogens is 244 g/mol. The molecule has 0 spiro atoms. The number of aryl methyl sites for hydroxylation is 1. The van der Waals surface area contributed by atoms with E-state index in [4.69, 9.17) is 4.74 Å². The molecule has 0 radical (unpaired) electrons. The van der Waals surface area contributed by atoms with Crippen LogP contribution in [0.15, 0.2) is 6.33 Å². The molecule has 2 rings (SSSR count). The van der Waals surface area contributed by atoms with Gasteiger partial charge in [0.15, 0.2) is 11.6 Å². The summed E-state index contributed by atoms with van der Waals surface area (Å²) in [6, 6.07) is 0. The summed E-state index contributed by atoms with van der Waals surface area (Å²) in [5.74, 6) is 1.62. The van der Waals surface area contributed by atoms with E-state index in [-0.39, 0.29) is 6.10 Å². The number of rotatable bonds is 4. The molecule has 0 bridgehead atoms. The average molecular weight is 266 g/mol. The van der Waals surface area contributed by atoms with Crippen LogP contribution in [0.3, 0.4) is 0 Å². The van der Waals surface area contributed by atoms with Crippen molar-refractivity contribution in [2.45, 2.75) is 20.0 Å². The number of aliphatic hydroxyl groups is 1. The maximum atomic E-state index is 9.41. The van der Waals surface area contributed by atoms with Gasteiger partial charge in [0.1, 0.15) is 6.33 Å². The zero-order valence-corrected chi connectivity index (χ0v) is 11.8. The summed E-state index contributed by atoms with van der Waals surface area (Å²) in [6.07, 6.45) is 1.30. The SMILES string of the molecule is COc1c(C)ncnc1N1CCN(CC(C)O)CC1. The van der Waals surface area contributed by atoms with E-state index in [0.717, 1.165) is 50.0 Å². The van der Waals surface area contributed by atoms with Crippen molar-refractivity contribution in [2.75, 3.05) is 44.7 Å². The molecule has 1 aliphatic heterocycles. The Bertz CT molecular complexity index is 417. The lowest BCUT2D eigenvalue weighted by molar-refractivity contribution is 0.122. The van der Waals surface area contributed by atoms with Crippen molar-refractivity contribution in [2.24, 2.45) is 0 Å². The third-order valence-corrected chi connectivity index (χ3v) is 3.36. The van der Waals surface area contributed by atoms with Gasteiger partial charge in [-0.05, 0) is 13.8 Å². The van der Waals surface area contributed by atoms with E-state index in [1.54, 1.807) is 13.4 Å². The predicted molar refractivity (Wildman–Crippen MR) is 73.7 cm³/mol. The second-order valence-corrected chi connectivity index (χ2v) is 4.95.